The van der Waals surface area contributed by atoms with E-state index in [1.165, 1.54) is 32.1 Å². The van der Waals surface area contributed by atoms with Crippen LogP contribution in [0.25, 0.3) is 0 Å². The number of carbonyl (C=O) groups is 1. The number of carbonyl (C=O) groups excluding carboxylic acids is 1. The van der Waals surface area contributed by atoms with Crippen LogP contribution >= 0.6 is 0 Å². The van der Waals surface area contributed by atoms with Crippen LogP contribution in [0.2, 0.25) is 0 Å². The second-order valence-electron chi connectivity index (χ2n) is 4.40. The Morgan fingerprint density at radius 3 is 2.36 bits per heavy atom. The molecular formula is C12H22O2. The van der Waals surface area contributed by atoms with Crippen LogP contribution in [0, 0.1) is 5.41 Å². The van der Waals surface area contributed by atoms with Crippen LogP contribution in [0.5, 0.6) is 0 Å². The molecule has 0 N–H and O–H groups in total. The molecule has 0 atom stereocenters. The molecule has 0 aliphatic heterocycles. The van der Waals surface area contributed by atoms with E-state index in [-0.39, 0.29) is 11.4 Å². The number of hydrogen-bond donors (Lipinski definition) is 0. The second-order valence-corrected chi connectivity index (χ2v) is 4.40. The van der Waals surface area contributed by atoms with E-state index in [0.717, 1.165) is 6.42 Å². The van der Waals surface area contributed by atoms with Crippen molar-refractivity contribution in [2.24, 2.45) is 5.41 Å². The fraction of sp³-hybridized carbons (Fsp3) is 0.917. The van der Waals surface area contributed by atoms with Gasteiger partial charge in [0, 0.05) is 0 Å². The SMILES string of the molecule is CCOC(=O)CC1(CC)CCCCC1. The first kappa shape index (κ1) is 11.5. The Morgan fingerprint density at radius 2 is 1.86 bits per heavy atom. The minimum Gasteiger partial charge on any atom is -0.466 e. The zero-order chi connectivity index (χ0) is 10.4. The molecule has 0 aromatic carbocycles. The van der Waals surface area contributed by atoms with Crippen molar-refractivity contribution < 1.29 is 9.53 Å². The van der Waals surface area contributed by atoms with E-state index in [2.05, 4.69) is 6.92 Å². The maximum Gasteiger partial charge on any atom is 0.306 e. The molecule has 0 bridgehead atoms. The summed E-state index contributed by atoms with van der Waals surface area (Å²) in [6.45, 7) is 4.58. The standard InChI is InChI=1S/C12H22O2/c1-3-12(8-6-5-7-9-12)10-11(13)14-4-2/h3-10H2,1-2H3. The molecule has 1 aliphatic carbocycles. The lowest BCUT2D eigenvalue weighted by Gasteiger charge is -2.35. The van der Waals surface area contributed by atoms with Gasteiger partial charge < -0.3 is 4.74 Å². The fourth-order valence-electron chi connectivity index (χ4n) is 2.48. The van der Waals surface area contributed by atoms with E-state index in [9.17, 15) is 4.79 Å². The van der Waals surface area contributed by atoms with Gasteiger partial charge in [0.05, 0.1) is 13.0 Å². The van der Waals surface area contributed by atoms with Crippen molar-refractivity contribution in [1.82, 2.24) is 0 Å². The molecule has 2 nitrogen and oxygen atoms in total. The van der Waals surface area contributed by atoms with Gasteiger partial charge >= 0.3 is 5.97 Å². The molecule has 0 aromatic heterocycles. The van der Waals surface area contributed by atoms with Crippen molar-refractivity contribution in [2.75, 3.05) is 6.61 Å². The maximum absolute atomic E-state index is 11.5. The van der Waals surface area contributed by atoms with E-state index < -0.39 is 0 Å². The fourth-order valence-corrected chi connectivity index (χ4v) is 2.48. The highest BCUT2D eigenvalue weighted by molar-refractivity contribution is 5.70. The Bertz CT molecular complexity index is 181. The van der Waals surface area contributed by atoms with Crippen LogP contribution in [0.3, 0.4) is 0 Å². The summed E-state index contributed by atoms with van der Waals surface area (Å²) in [4.78, 5) is 11.5. The lowest BCUT2D eigenvalue weighted by Crippen LogP contribution is -2.27. The van der Waals surface area contributed by atoms with Crippen molar-refractivity contribution >= 4 is 5.97 Å². The monoisotopic (exact) mass is 198 g/mol. The lowest BCUT2D eigenvalue weighted by atomic mass is 9.70. The average Bonchev–Trinajstić information content (AvgIpc) is 2.19. The molecule has 1 aliphatic rings. The molecule has 0 radical (unpaired) electrons. The molecule has 0 aromatic rings. The summed E-state index contributed by atoms with van der Waals surface area (Å²) in [5.74, 6) is -0.00347. The molecule has 1 saturated carbocycles. The van der Waals surface area contributed by atoms with Crippen molar-refractivity contribution in [3.63, 3.8) is 0 Å². The highest BCUT2D eigenvalue weighted by atomic mass is 16.5. The summed E-state index contributed by atoms with van der Waals surface area (Å²) in [6.07, 6.45) is 8.08. The predicted octanol–water partition coefficient (Wildman–Crippen LogP) is 3.30. The van der Waals surface area contributed by atoms with E-state index in [4.69, 9.17) is 4.74 Å². The van der Waals surface area contributed by atoms with Crippen molar-refractivity contribution in [3.05, 3.63) is 0 Å². The normalized spacial score (nSPS) is 20.4. The Balaban J connectivity index is 2.47. The third-order valence-electron chi connectivity index (χ3n) is 3.49. The summed E-state index contributed by atoms with van der Waals surface area (Å²) in [5.41, 5.74) is 0.268. The van der Waals surface area contributed by atoms with E-state index in [1.54, 1.807) is 0 Å². The minimum absolute atomic E-state index is 0.00347. The van der Waals surface area contributed by atoms with Gasteiger partial charge in [0.2, 0.25) is 0 Å². The second kappa shape index (κ2) is 5.38. The quantitative estimate of drug-likeness (QED) is 0.648. The number of ether oxygens (including phenoxy) is 1. The zero-order valence-electron chi connectivity index (χ0n) is 9.47. The summed E-state index contributed by atoms with van der Waals surface area (Å²) >= 11 is 0. The first-order valence-corrected chi connectivity index (χ1v) is 5.88. The molecule has 14 heavy (non-hydrogen) atoms. The first-order valence-electron chi connectivity index (χ1n) is 5.88. The third-order valence-corrected chi connectivity index (χ3v) is 3.49. The van der Waals surface area contributed by atoms with Crippen LogP contribution in [-0.2, 0) is 9.53 Å². The van der Waals surface area contributed by atoms with Crippen LogP contribution in [-0.4, -0.2) is 12.6 Å². The van der Waals surface area contributed by atoms with Crippen molar-refractivity contribution in [3.8, 4) is 0 Å². The van der Waals surface area contributed by atoms with Crippen LogP contribution in [0.4, 0.5) is 0 Å². The average molecular weight is 198 g/mol. The predicted molar refractivity (Wildman–Crippen MR) is 57.1 cm³/mol. The summed E-state index contributed by atoms with van der Waals surface area (Å²) < 4.78 is 5.03. The van der Waals surface area contributed by atoms with Gasteiger partial charge in [0.25, 0.3) is 0 Å². The highest BCUT2D eigenvalue weighted by Gasteiger charge is 2.32. The first-order chi connectivity index (χ1) is 6.72. The smallest absolute Gasteiger partial charge is 0.306 e. The minimum atomic E-state index is -0.00347. The summed E-state index contributed by atoms with van der Waals surface area (Å²) in [6, 6.07) is 0. The van der Waals surface area contributed by atoms with E-state index >= 15 is 0 Å². The topological polar surface area (TPSA) is 26.3 Å². The van der Waals surface area contributed by atoms with Gasteiger partial charge in [0.15, 0.2) is 0 Å². The Hall–Kier alpha value is -0.530. The summed E-state index contributed by atoms with van der Waals surface area (Å²) in [5, 5.41) is 0. The molecule has 0 amide bonds. The van der Waals surface area contributed by atoms with E-state index in [0.29, 0.717) is 13.0 Å². The van der Waals surface area contributed by atoms with Gasteiger partial charge in [-0.05, 0) is 31.6 Å². The molecule has 0 saturated heterocycles. The Morgan fingerprint density at radius 1 is 1.21 bits per heavy atom. The molecule has 82 valence electrons. The molecule has 1 fully saturated rings. The third kappa shape index (κ3) is 3.00. The van der Waals surface area contributed by atoms with Crippen molar-refractivity contribution in [2.45, 2.75) is 58.8 Å². The molecule has 0 spiro atoms. The molecule has 0 unspecified atom stereocenters. The van der Waals surface area contributed by atoms with Crippen LogP contribution < -0.4 is 0 Å². The van der Waals surface area contributed by atoms with Crippen LogP contribution in [0.15, 0.2) is 0 Å². The number of rotatable bonds is 4. The van der Waals surface area contributed by atoms with Gasteiger partial charge in [-0.3, -0.25) is 4.79 Å². The van der Waals surface area contributed by atoms with Gasteiger partial charge in [-0.15, -0.1) is 0 Å². The van der Waals surface area contributed by atoms with Crippen LogP contribution in [0.1, 0.15) is 58.8 Å². The molecule has 2 heteroatoms. The Kier molecular flexibility index (Phi) is 4.43. The van der Waals surface area contributed by atoms with Gasteiger partial charge in [-0.2, -0.15) is 0 Å². The summed E-state index contributed by atoms with van der Waals surface area (Å²) in [7, 11) is 0. The van der Waals surface area contributed by atoms with Crippen molar-refractivity contribution in [1.29, 1.82) is 0 Å². The highest BCUT2D eigenvalue weighted by Crippen LogP contribution is 2.42. The maximum atomic E-state index is 11.5. The Labute approximate surface area is 87.0 Å². The van der Waals surface area contributed by atoms with Gasteiger partial charge in [-0.25, -0.2) is 0 Å². The number of esters is 1. The number of hydrogen-bond acceptors (Lipinski definition) is 2. The molecule has 1 rings (SSSR count). The largest absolute Gasteiger partial charge is 0.466 e. The van der Waals surface area contributed by atoms with E-state index in [1.807, 2.05) is 6.92 Å². The lowest BCUT2D eigenvalue weighted by molar-refractivity contribution is -0.146. The zero-order valence-corrected chi connectivity index (χ0v) is 9.47. The molecular weight excluding hydrogens is 176 g/mol. The van der Waals surface area contributed by atoms with Gasteiger partial charge in [-0.1, -0.05) is 26.2 Å². The molecule has 0 heterocycles. The van der Waals surface area contributed by atoms with Gasteiger partial charge in [0.1, 0.15) is 0 Å².